The third-order valence-electron chi connectivity index (χ3n) is 3.07. The lowest BCUT2D eigenvalue weighted by atomic mass is 10.1. The molecule has 0 bridgehead atoms. The molecule has 0 spiro atoms. The Morgan fingerprint density at radius 2 is 1.61 bits per heavy atom. The number of hydrogen-bond acceptors (Lipinski definition) is 2. The number of hydrogen-bond donors (Lipinski definition) is 2. The zero-order valence-corrected chi connectivity index (χ0v) is 16.0. The molecule has 2 N–H and O–H groups in total. The molecule has 7 heteroatoms. The molecule has 122 valence electrons. The predicted octanol–water partition coefficient (Wildman–Crippen LogP) is 5.30. The van der Waals surface area contributed by atoms with Gasteiger partial charge in [0.2, 0.25) is 3.79 Å². The van der Waals surface area contributed by atoms with Crippen molar-refractivity contribution >= 4 is 62.3 Å². The molecular formula is C16H14BrCl3N2O. The molecule has 2 rings (SSSR count). The van der Waals surface area contributed by atoms with Crippen LogP contribution in [0.4, 0.5) is 5.69 Å². The van der Waals surface area contributed by atoms with E-state index in [1.54, 1.807) is 12.1 Å². The van der Waals surface area contributed by atoms with Crippen molar-refractivity contribution in [2.75, 3.05) is 5.32 Å². The second-order valence-electron chi connectivity index (χ2n) is 4.97. The monoisotopic (exact) mass is 434 g/mol. The van der Waals surface area contributed by atoms with E-state index in [0.29, 0.717) is 11.3 Å². The Morgan fingerprint density at radius 1 is 1.04 bits per heavy atom. The maximum atomic E-state index is 12.3. The second kappa shape index (κ2) is 7.75. The van der Waals surface area contributed by atoms with E-state index in [9.17, 15) is 4.79 Å². The van der Waals surface area contributed by atoms with Crippen molar-refractivity contribution in [1.82, 2.24) is 5.32 Å². The van der Waals surface area contributed by atoms with Crippen LogP contribution in [0.2, 0.25) is 0 Å². The highest BCUT2D eigenvalue weighted by atomic mass is 79.9. The molecule has 0 aliphatic rings. The van der Waals surface area contributed by atoms with Crippen molar-refractivity contribution in [3.63, 3.8) is 0 Å². The third kappa shape index (κ3) is 5.57. The van der Waals surface area contributed by atoms with Gasteiger partial charge in [-0.2, -0.15) is 0 Å². The fraction of sp³-hybridized carbons (Fsp3) is 0.188. The van der Waals surface area contributed by atoms with Gasteiger partial charge in [-0.15, -0.1) is 0 Å². The molecule has 0 radical (unpaired) electrons. The number of carbonyl (C=O) groups is 1. The molecule has 0 aliphatic carbocycles. The number of alkyl halides is 3. The molecule has 0 saturated heterocycles. The zero-order chi connectivity index (χ0) is 17.0. The van der Waals surface area contributed by atoms with Crippen LogP contribution in [0.5, 0.6) is 0 Å². The molecule has 1 amide bonds. The van der Waals surface area contributed by atoms with Gasteiger partial charge in [0, 0.05) is 15.7 Å². The summed E-state index contributed by atoms with van der Waals surface area (Å²) in [5.74, 6) is -0.328. The van der Waals surface area contributed by atoms with Gasteiger partial charge < -0.3 is 10.6 Å². The van der Waals surface area contributed by atoms with Crippen molar-refractivity contribution in [2.45, 2.75) is 16.9 Å². The lowest BCUT2D eigenvalue weighted by Gasteiger charge is -2.27. The molecule has 0 saturated carbocycles. The minimum atomic E-state index is -1.71. The summed E-state index contributed by atoms with van der Waals surface area (Å²) in [6, 6.07) is 14.5. The van der Waals surface area contributed by atoms with Crippen molar-refractivity contribution in [3.05, 3.63) is 64.1 Å². The minimum absolute atomic E-state index is 0.328. The zero-order valence-electron chi connectivity index (χ0n) is 12.1. The normalized spacial score (nSPS) is 12.6. The number of benzene rings is 2. The molecule has 0 aromatic heterocycles. The van der Waals surface area contributed by atoms with Gasteiger partial charge in [0.25, 0.3) is 5.91 Å². The van der Waals surface area contributed by atoms with E-state index >= 15 is 0 Å². The van der Waals surface area contributed by atoms with Crippen LogP contribution in [0.1, 0.15) is 15.9 Å². The number of amides is 1. The van der Waals surface area contributed by atoms with Gasteiger partial charge in [0.15, 0.2) is 0 Å². The Labute approximate surface area is 158 Å². The number of nitrogens with one attached hydrogen (secondary N) is 2. The van der Waals surface area contributed by atoms with Crippen molar-refractivity contribution < 1.29 is 4.79 Å². The van der Waals surface area contributed by atoms with Crippen molar-refractivity contribution in [1.29, 1.82) is 0 Å². The van der Waals surface area contributed by atoms with E-state index in [4.69, 9.17) is 34.8 Å². The van der Waals surface area contributed by atoms with Gasteiger partial charge in [0.1, 0.15) is 6.17 Å². The molecular weight excluding hydrogens is 422 g/mol. The summed E-state index contributed by atoms with van der Waals surface area (Å²) in [6.45, 7) is 1.95. The second-order valence-corrected chi connectivity index (χ2v) is 8.25. The Bertz CT molecular complexity index is 669. The molecule has 1 unspecified atom stereocenters. The fourth-order valence-corrected chi connectivity index (χ4v) is 2.42. The molecule has 0 heterocycles. The van der Waals surface area contributed by atoms with E-state index in [0.717, 1.165) is 10.0 Å². The molecule has 2 aromatic carbocycles. The largest absolute Gasteiger partial charge is 0.362 e. The third-order valence-corrected chi connectivity index (χ3v) is 4.26. The highest BCUT2D eigenvalue weighted by Crippen LogP contribution is 2.31. The van der Waals surface area contributed by atoms with Gasteiger partial charge in [0.05, 0.1) is 0 Å². The van der Waals surface area contributed by atoms with Crippen LogP contribution in [-0.2, 0) is 0 Å². The molecule has 1 atom stereocenters. The summed E-state index contributed by atoms with van der Waals surface area (Å²) < 4.78 is -0.787. The maximum Gasteiger partial charge on any atom is 0.252 e. The van der Waals surface area contributed by atoms with Gasteiger partial charge in [-0.3, -0.25) is 4.79 Å². The van der Waals surface area contributed by atoms with E-state index in [1.165, 1.54) is 0 Å². The molecule has 3 nitrogen and oxygen atoms in total. The number of aryl methyl sites for hydroxylation is 1. The SMILES string of the molecule is Cc1ccc(C(=O)NC(Nc2ccc(Br)cc2)C(Cl)(Cl)Cl)cc1. The molecule has 23 heavy (non-hydrogen) atoms. The van der Waals surface area contributed by atoms with E-state index in [1.807, 2.05) is 43.3 Å². The Hall–Kier alpha value is -0.940. The standard InChI is InChI=1S/C16H14BrCl3N2O/c1-10-2-4-11(5-3-10)14(23)22-15(16(18,19)20)21-13-8-6-12(17)7-9-13/h2-9,15,21H,1H3,(H,22,23). The molecule has 2 aromatic rings. The van der Waals surface area contributed by atoms with Gasteiger partial charge in [-0.25, -0.2) is 0 Å². The van der Waals surface area contributed by atoms with E-state index in [2.05, 4.69) is 26.6 Å². The summed E-state index contributed by atoms with van der Waals surface area (Å²) in [5.41, 5.74) is 2.27. The highest BCUT2D eigenvalue weighted by molar-refractivity contribution is 9.10. The van der Waals surface area contributed by atoms with Gasteiger partial charge in [-0.05, 0) is 43.3 Å². The van der Waals surface area contributed by atoms with Gasteiger partial charge in [-0.1, -0.05) is 68.4 Å². The molecule has 0 aliphatic heterocycles. The van der Waals surface area contributed by atoms with Gasteiger partial charge >= 0.3 is 0 Å². The predicted molar refractivity (Wildman–Crippen MR) is 100 cm³/mol. The smallest absolute Gasteiger partial charge is 0.252 e. The maximum absolute atomic E-state index is 12.3. The summed E-state index contributed by atoms with van der Waals surface area (Å²) in [6.07, 6.45) is -0.887. The van der Waals surface area contributed by atoms with Crippen LogP contribution in [0, 0.1) is 6.92 Å². The average Bonchev–Trinajstić information content (AvgIpc) is 2.48. The van der Waals surface area contributed by atoms with Crippen LogP contribution >= 0.6 is 50.7 Å². The van der Waals surface area contributed by atoms with Crippen LogP contribution in [0.25, 0.3) is 0 Å². The Balaban J connectivity index is 2.14. The van der Waals surface area contributed by atoms with Crippen LogP contribution in [0.15, 0.2) is 53.0 Å². The number of halogens is 4. The summed E-state index contributed by atoms with van der Waals surface area (Å²) >= 11 is 21.3. The average molecular weight is 437 g/mol. The summed E-state index contributed by atoms with van der Waals surface area (Å²) in [4.78, 5) is 12.3. The first-order chi connectivity index (χ1) is 10.8. The first-order valence-corrected chi connectivity index (χ1v) is 8.65. The van der Waals surface area contributed by atoms with E-state index < -0.39 is 9.96 Å². The summed E-state index contributed by atoms with van der Waals surface area (Å²) in [7, 11) is 0. The van der Waals surface area contributed by atoms with Crippen LogP contribution in [0.3, 0.4) is 0 Å². The van der Waals surface area contributed by atoms with Crippen LogP contribution in [-0.4, -0.2) is 15.9 Å². The lowest BCUT2D eigenvalue weighted by Crippen LogP contribution is -2.49. The first kappa shape index (κ1) is 18.4. The number of anilines is 1. The summed E-state index contributed by atoms with van der Waals surface area (Å²) in [5, 5.41) is 5.71. The number of rotatable bonds is 4. The highest BCUT2D eigenvalue weighted by Gasteiger charge is 2.34. The van der Waals surface area contributed by atoms with Crippen molar-refractivity contribution in [3.8, 4) is 0 Å². The lowest BCUT2D eigenvalue weighted by molar-refractivity contribution is 0.0942. The van der Waals surface area contributed by atoms with Crippen molar-refractivity contribution in [2.24, 2.45) is 0 Å². The number of carbonyl (C=O) groups excluding carboxylic acids is 1. The quantitative estimate of drug-likeness (QED) is 0.505. The minimum Gasteiger partial charge on any atom is -0.362 e. The Kier molecular flexibility index (Phi) is 6.20. The molecule has 0 fully saturated rings. The Morgan fingerprint density at radius 3 is 2.13 bits per heavy atom. The van der Waals surface area contributed by atoms with E-state index in [-0.39, 0.29) is 5.91 Å². The topological polar surface area (TPSA) is 41.1 Å². The van der Waals surface area contributed by atoms with Crippen LogP contribution < -0.4 is 10.6 Å². The first-order valence-electron chi connectivity index (χ1n) is 6.72. The fourth-order valence-electron chi connectivity index (χ4n) is 1.83.